The van der Waals surface area contributed by atoms with E-state index >= 15 is 0 Å². The monoisotopic (exact) mass is 528 g/mol. The van der Waals surface area contributed by atoms with Gasteiger partial charge in [0.25, 0.3) is 0 Å². The van der Waals surface area contributed by atoms with E-state index in [1.807, 2.05) is 0 Å². The molecule has 1 radical (unpaired) electrons. The van der Waals surface area contributed by atoms with Crippen molar-refractivity contribution in [2.24, 2.45) is 0 Å². The molecule has 3 heterocycles. The van der Waals surface area contributed by atoms with Crippen LogP contribution in [0.1, 0.15) is 6.23 Å². The summed E-state index contributed by atoms with van der Waals surface area (Å²) in [6.45, 7) is -0.901. The van der Waals surface area contributed by atoms with Gasteiger partial charge in [0.1, 0.15) is 30.2 Å². The Kier molecular flexibility index (Phi) is 8.83. The number of aliphatic hydroxyl groups is 2. The van der Waals surface area contributed by atoms with Gasteiger partial charge in [0.15, 0.2) is 23.6 Å². The summed E-state index contributed by atoms with van der Waals surface area (Å²) in [5.41, 5.74) is 6.04. The van der Waals surface area contributed by atoms with Crippen molar-refractivity contribution in [2.45, 2.75) is 24.5 Å². The largest absolute Gasteiger partial charge is 0.479 e. The van der Waals surface area contributed by atoms with E-state index in [1.165, 1.54) is 10.9 Å². The smallest absolute Gasteiger partial charge is 0.387 e. The second kappa shape index (κ2) is 10.1. The van der Waals surface area contributed by atoms with E-state index in [9.17, 15) is 33.7 Å². The second-order valence-corrected chi connectivity index (χ2v) is 12.0. The van der Waals surface area contributed by atoms with Gasteiger partial charge in [0, 0.05) is 29.6 Å². The van der Waals surface area contributed by atoms with Gasteiger partial charge < -0.3 is 40.3 Å². The molecule has 6 atom stereocenters. The summed E-state index contributed by atoms with van der Waals surface area (Å²) < 4.78 is 49.4. The predicted molar refractivity (Wildman–Crippen MR) is 105 cm³/mol. The zero-order valence-electron chi connectivity index (χ0n) is 16.2. The van der Waals surface area contributed by atoms with Crippen molar-refractivity contribution >= 4 is 69.6 Å². The first kappa shape index (κ1) is 27.9. The second-order valence-electron chi connectivity index (χ2n) is 6.42. The minimum atomic E-state index is -5.31. The summed E-state index contributed by atoms with van der Waals surface area (Å²) >= 11 is 0. The van der Waals surface area contributed by atoms with Crippen molar-refractivity contribution in [1.82, 2.24) is 19.5 Å². The first-order chi connectivity index (χ1) is 14.2. The molecule has 0 bridgehead atoms. The zero-order valence-corrected chi connectivity index (χ0v) is 20.9. The number of anilines is 1. The van der Waals surface area contributed by atoms with Gasteiger partial charge in [-0.15, -0.1) is 0 Å². The number of nitrogen functional groups attached to an aromatic ring is 1. The van der Waals surface area contributed by atoms with Crippen molar-refractivity contribution in [3.05, 3.63) is 12.7 Å². The number of phosphoric ester groups is 1. The molecule has 1 aliphatic rings. The average Bonchev–Trinajstić information content (AvgIpc) is 3.13. The van der Waals surface area contributed by atoms with Crippen LogP contribution in [0.2, 0.25) is 0 Å². The van der Waals surface area contributed by atoms with Gasteiger partial charge in [0.05, 0.1) is 12.9 Å². The molecule has 2 unspecified atom stereocenters. The molecule has 2 aromatic heterocycles. The van der Waals surface area contributed by atoms with E-state index in [4.69, 9.17) is 20.3 Å². The van der Waals surface area contributed by atoms with Crippen LogP contribution in [0.3, 0.4) is 0 Å². The molecule has 21 heteroatoms. The molecule has 32 heavy (non-hydrogen) atoms. The van der Waals surface area contributed by atoms with Crippen LogP contribution < -0.4 is 5.73 Å². The van der Waals surface area contributed by atoms with E-state index in [0.717, 1.165) is 6.33 Å². The number of aromatic nitrogens is 4. The molecule has 3 rings (SSSR count). The number of ether oxygens (including phenoxy) is 1. The van der Waals surface area contributed by atoms with Crippen LogP contribution in [0.5, 0.6) is 0 Å². The van der Waals surface area contributed by atoms with Crippen molar-refractivity contribution in [2.75, 3.05) is 18.2 Å². The van der Waals surface area contributed by atoms with Gasteiger partial charge in [-0.2, -0.15) is 0 Å². The average molecular weight is 528 g/mol. The zero-order chi connectivity index (χ0) is 23.2. The van der Waals surface area contributed by atoms with Crippen LogP contribution in [-0.2, 0) is 27.3 Å². The Balaban J connectivity index is 0.00000363. The van der Waals surface area contributed by atoms with Gasteiger partial charge >= 0.3 is 23.0 Å². The Hall–Kier alpha value is -0.320. The van der Waals surface area contributed by atoms with Gasteiger partial charge in [0.2, 0.25) is 0 Å². The summed E-state index contributed by atoms with van der Waals surface area (Å²) in [5.74, 6) is -1.66. The molecule has 8 N–H and O–H groups in total. The normalized spacial score (nSPS) is 27.6. The molecule has 17 nitrogen and oxygen atoms in total. The predicted octanol–water partition coefficient (Wildman–Crippen LogP) is -1.90. The first-order valence-electron chi connectivity index (χ1n) is 8.19. The maximum atomic E-state index is 11.9. The molecule has 0 aromatic carbocycles. The minimum absolute atomic E-state index is 0. The van der Waals surface area contributed by atoms with Crippen LogP contribution in [0.15, 0.2) is 12.7 Å². The fourth-order valence-corrected chi connectivity index (χ4v) is 7.11. The number of nitrogens with zero attached hydrogens (tertiary/aromatic N) is 4. The van der Waals surface area contributed by atoms with Gasteiger partial charge in [-0.25, -0.2) is 23.8 Å². The first-order valence-corrected chi connectivity index (χ1v) is 13.2. The number of aliphatic hydroxyl groups excluding tert-OH is 2. The van der Waals surface area contributed by atoms with Crippen LogP contribution >= 0.6 is 23.0 Å². The Morgan fingerprint density at radius 1 is 1.09 bits per heavy atom. The van der Waals surface area contributed by atoms with Crippen molar-refractivity contribution in [3.8, 4) is 0 Å². The van der Waals surface area contributed by atoms with Gasteiger partial charge in [-0.3, -0.25) is 18.2 Å². The third kappa shape index (κ3) is 6.63. The van der Waals surface area contributed by atoms with E-state index in [0.29, 0.717) is 0 Å². The third-order valence-corrected chi connectivity index (χ3v) is 9.22. The Labute approximate surface area is 201 Å². The summed E-state index contributed by atoms with van der Waals surface area (Å²) in [6, 6.07) is 0. The standard InChI is InChI=1S/C11H18N5O12P3.Na/c12-9-6-10(14-2-13-9)16(3-15-6)11-8(18)7(17)5(27-11)1-26-31(24,25)28-30(22,23)4-29(19,20)21;/h2-3,5,7-8,11,17-18H,1,4H2,(H,22,23)(H,24,25)(H2,12,13,14)(H2,19,20,21);/t5-,7-,8-,11-;/m1./s1. The quantitative estimate of drug-likeness (QED) is 0.146. The summed E-state index contributed by atoms with van der Waals surface area (Å²) in [4.78, 5) is 48.0. The summed E-state index contributed by atoms with van der Waals surface area (Å²) in [6.07, 6.45) is -3.54. The van der Waals surface area contributed by atoms with Crippen LogP contribution in [-0.4, -0.2) is 110 Å². The SMILES string of the molecule is Nc1ncnc2c1ncn2[C@@H]1O[C@H](COP(=O)(O)OP(=O)(O)CP(=O)(O)O)[C@@H](O)[C@H]1O.[Na]. The molecular formula is C11H18N5NaO12P3. The van der Waals surface area contributed by atoms with E-state index in [-0.39, 0.29) is 46.5 Å². The summed E-state index contributed by atoms with van der Waals surface area (Å²) in [7, 11) is -15.6. The Morgan fingerprint density at radius 3 is 2.38 bits per heavy atom. The van der Waals surface area contributed by atoms with Crippen LogP contribution in [0, 0.1) is 0 Å². The maximum absolute atomic E-state index is 11.9. The molecule has 1 aliphatic heterocycles. The molecule has 1 saturated heterocycles. The number of fused-ring (bicyclic) bond motifs is 1. The summed E-state index contributed by atoms with van der Waals surface area (Å²) in [5, 5.41) is 20.5. The fraction of sp³-hybridized carbons (Fsp3) is 0.545. The maximum Gasteiger partial charge on any atom is 0.479 e. The fourth-order valence-electron chi connectivity index (χ4n) is 2.76. The molecular weight excluding hydrogens is 510 g/mol. The van der Waals surface area contributed by atoms with Crippen LogP contribution in [0.25, 0.3) is 11.2 Å². The number of hydrogen-bond acceptors (Lipinski definition) is 12. The van der Waals surface area contributed by atoms with Gasteiger partial charge in [-0.1, -0.05) is 0 Å². The number of imidazole rings is 1. The number of hydrogen-bond donors (Lipinski definition) is 7. The topological polar surface area (TPSA) is 270 Å². The van der Waals surface area contributed by atoms with E-state index in [2.05, 4.69) is 23.8 Å². The van der Waals surface area contributed by atoms with Gasteiger partial charge in [-0.05, 0) is 0 Å². The molecule has 0 saturated carbocycles. The molecule has 1 fully saturated rings. The van der Waals surface area contributed by atoms with Crippen LogP contribution in [0.4, 0.5) is 5.82 Å². The number of nitrogens with two attached hydrogens (primary N) is 1. The molecule has 175 valence electrons. The van der Waals surface area contributed by atoms with E-state index in [1.54, 1.807) is 0 Å². The Morgan fingerprint density at radius 2 is 1.75 bits per heavy atom. The third-order valence-electron chi connectivity index (χ3n) is 3.99. The van der Waals surface area contributed by atoms with Crippen molar-refractivity contribution in [1.29, 1.82) is 0 Å². The van der Waals surface area contributed by atoms with Crippen molar-refractivity contribution < 1.29 is 57.1 Å². The molecule has 2 aromatic rings. The Bertz CT molecular complexity index is 1110. The van der Waals surface area contributed by atoms with Crippen molar-refractivity contribution in [3.63, 3.8) is 0 Å². The molecule has 0 amide bonds. The minimum Gasteiger partial charge on any atom is -0.387 e. The number of phosphoric acid groups is 1. The molecule has 0 aliphatic carbocycles. The number of rotatable bonds is 8. The van der Waals surface area contributed by atoms with E-state index < -0.39 is 60.1 Å². The molecule has 0 spiro atoms.